The number of aliphatic imine (C=N–C) groups is 2. The second-order valence-electron chi connectivity index (χ2n) is 6.99. The Bertz CT molecular complexity index is 709. The van der Waals surface area contributed by atoms with Gasteiger partial charge in [-0.05, 0) is 31.2 Å². The summed E-state index contributed by atoms with van der Waals surface area (Å²) in [5.74, 6) is 0.950. The molecule has 4 nitrogen and oxygen atoms in total. The lowest BCUT2D eigenvalue weighted by atomic mass is 10.1. The maximum absolute atomic E-state index is 4.77. The van der Waals surface area contributed by atoms with E-state index in [1.54, 1.807) is 23.5 Å². The number of fused-ring (bicyclic) bond motifs is 1. The first-order valence-corrected chi connectivity index (χ1v) is 10.2. The number of hydrogen-bond donors (Lipinski definition) is 1. The van der Waals surface area contributed by atoms with Gasteiger partial charge in [-0.15, -0.1) is 0 Å². The molecule has 0 bridgehead atoms. The third kappa shape index (κ3) is 3.49. The Morgan fingerprint density at radius 1 is 1.33 bits per heavy atom. The van der Waals surface area contributed by atoms with E-state index in [-0.39, 0.29) is 5.54 Å². The molecule has 3 aliphatic heterocycles. The van der Waals surface area contributed by atoms with E-state index < -0.39 is 0 Å². The number of amidine groups is 2. The zero-order valence-corrected chi connectivity index (χ0v) is 15.7. The van der Waals surface area contributed by atoms with Crippen LogP contribution in [-0.2, 0) is 6.42 Å². The fourth-order valence-electron chi connectivity index (χ4n) is 3.12. The van der Waals surface area contributed by atoms with Crippen molar-refractivity contribution in [3.63, 3.8) is 0 Å². The fraction of sp³-hybridized carbons (Fsp3) is 0.444. The van der Waals surface area contributed by atoms with Gasteiger partial charge in [0.25, 0.3) is 0 Å². The summed E-state index contributed by atoms with van der Waals surface area (Å²) in [6, 6.07) is 11.1. The van der Waals surface area contributed by atoms with Gasteiger partial charge in [-0.25, -0.2) is 0 Å². The topological polar surface area (TPSA) is 40.0 Å². The van der Waals surface area contributed by atoms with Crippen LogP contribution in [0.25, 0.3) is 0 Å². The third-order valence-corrected chi connectivity index (χ3v) is 6.16. The summed E-state index contributed by atoms with van der Waals surface area (Å²) in [5.41, 5.74) is 2.76. The highest BCUT2D eigenvalue weighted by molar-refractivity contribution is 8.17. The summed E-state index contributed by atoms with van der Waals surface area (Å²) in [6.07, 6.45) is 1.03. The highest BCUT2D eigenvalue weighted by Gasteiger charge is 2.36. The molecule has 0 saturated carbocycles. The minimum atomic E-state index is 0.0381. The predicted molar refractivity (Wildman–Crippen MR) is 106 cm³/mol. The standard InChI is InChI=1S/C18H22N4S2/c1-18(2)12-22-15(11-24-17(22)21-18)10-23-16-19-9-14(20-16)8-13-6-4-3-5-7-13/h3-7,11,14H,8-10,12H2,1-2H3,(H,19,20). The van der Waals surface area contributed by atoms with Crippen LogP contribution in [0.1, 0.15) is 19.4 Å². The first-order chi connectivity index (χ1) is 11.6. The van der Waals surface area contributed by atoms with Crippen molar-refractivity contribution >= 4 is 33.9 Å². The van der Waals surface area contributed by atoms with Crippen molar-refractivity contribution in [3.05, 3.63) is 47.0 Å². The fourth-order valence-corrected chi connectivity index (χ4v) is 5.23. The van der Waals surface area contributed by atoms with E-state index in [0.717, 1.165) is 35.6 Å². The average Bonchev–Trinajstić information content (AvgIpc) is 3.21. The Kier molecular flexibility index (Phi) is 4.35. The van der Waals surface area contributed by atoms with Gasteiger partial charge in [0, 0.05) is 18.0 Å². The van der Waals surface area contributed by atoms with Gasteiger partial charge in [0.2, 0.25) is 0 Å². The lowest BCUT2D eigenvalue weighted by molar-refractivity contribution is 0.436. The zero-order valence-electron chi connectivity index (χ0n) is 14.0. The van der Waals surface area contributed by atoms with Gasteiger partial charge >= 0.3 is 0 Å². The van der Waals surface area contributed by atoms with Crippen molar-refractivity contribution in [1.29, 1.82) is 0 Å². The van der Waals surface area contributed by atoms with Crippen LogP contribution in [0.4, 0.5) is 0 Å². The quantitative estimate of drug-likeness (QED) is 0.896. The molecule has 126 valence electrons. The van der Waals surface area contributed by atoms with Crippen LogP contribution in [0.3, 0.4) is 0 Å². The predicted octanol–water partition coefficient (Wildman–Crippen LogP) is 3.33. The molecule has 6 heteroatoms. The summed E-state index contributed by atoms with van der Waals surface area (Å²) in [5, 5.41) is 8.03. The first-order valence-electron chi connectivity index (χ1n) is 8.30. The second kappa shape index (κ2) is 6.48. The van der Waals surface area contributed by atoms with Crippen LogP contribution in [-0.4, -0.2) is 45.7 Å². The summed E-state index contributed by atoms with van der Waals surface area (Å²) in [4.78, 5) is 11.8. The van der Waals surface area contributed by atoms with E-state index in [4.69, 9.17) is 4.99 Å². The molecular weight excluding hydrogens is 336 g/mol. The molecule has 0 fully saturated rings. The lowest BCUT2D eigenvalue weighted by Crippen LogP contribution is -2.32. The molecule has 1 unspecified atom stereocenters. The van der Waals surface area contributed by atoms with Crippen LogP contribution < -0.4 is 5.32 Å². The van der Waals surface area contributed by atoms with Crippen molar-refractivity contribution in [3.8, 4) is 0 Å². The third-order valence-electron chi connectivity index (χ3n) is 4.29. The monoisotopic (exact) mass is 358 g/mol. The van der Waals surface area contributed by atoms with Crippen LogP contribution in [0, 0.1) is 0 Å². The molecule has 3 heterocycles. The van der Waals surface area contributed by atoms with Crippen molar-refractivity contribution in [1.82, 2.24) is 10.2 Å². The second-order valence-corrected chi connectivity index (χ2v) is 8.79. The normalized spacial score (nSPS) is 24.3. The Labute approximate surface area is 151 Å². The van der Waals surface area contributed by atoms with E-state index in [1.165, 1.54) is 11.3 Å². The van der Waals surface area contributed by atoms with E-state index in [0.29, 0.717) is 6.04 Å². The maximum Gasteiger partial charge on any atom is 0.168 e. The Morgan fingerprint density at radius 2 is 2.17 bits per heavy atom. The number of thioether (sulfide) groups is 2. The Morgan fingerprint density at radius 3 is 3.00 bits per heavy atom. The van der Waals surface area contributed by atoms with Crippen LogP contribution in [0.2, 0.25) is 0 Å². The van der Waals surface area contributed by atoms with Crippen molar-refractivity contribution in [2.24, 2.45) is 9.98 Å². The molecule has 0 saturated heterocycles. The molecule has 1 N–H and O–H groups in total. The van der Waals surface area contributed by atoms with E-state index in [1.807, 2.05) is 0 Å². The molecule has 1 atom stereocenters. The number of rotatable bonds is 4. The Hall–Kier alpha value is -1.40. The minimum Gasteiger partial charge on any atom is -0.360 e. The van der Waals surface area contributed by atoms with Crippen molar-refractivity contribution < 1.29 is 0 Å². The summed E-state index contributed by atoms with van der Waals surface area (Å²) >= 11 is 3.55. The summed E-state index contributed by atoms with van der Waals surface area (Å²) in [6.45, 7) is 6.24. The zero-order chi connectivity index (χ0) is 16.6. The van der Waals surface area contributed by atoms with Crippen LogP contribution in [0.5, 0.6) is 0 Å². The maximum atomic E-state index is 4.77. The summed E-state index contributed by atoms with van der Waals surface area (Å²) in [7, 11) is 0. The van der Waals surface area contributed by atoms with Gasteiger partial charge < -0.3 is 10.2 Å². The van der Waals surface area contributed by atoms with Gasteiger partial charge in [0.15, 0.2) is 10.3 Å². The van der Waals surface area contributed by atoms with Crippen LogP contribution >= 0.6 is 23.5 Å². The highest BCUT2D eigenvalue weighted by atomic mass is 32.2. The molecule has 0 amide bonds. The highest BCUT2D eigenvalue weighted by Crippen LogP contribution is 2.36. The minimum absolute atomic E-state index is 0.0381. The molecule has 0 aliphatic carbocycles. The molecule has 4 rings (SSSR count). The summed E-state index contributed by atoms with van der Waals surface area (Å²) < 4.78 is 0. The molecule has 1 aromatic carbocycles. The molecule has 3 aliphatic rings. The van der Waals surface area contributed by atoms with E-state index >= 15 is 0 Å². The first kappa shape index (κ1) is 16.1. The largest absolute Gasteiger partial charge is 0.360 e. The van der Waals surface area contributed by atoms with E-state index in [9.17, 15) is 0 Å². The van der Waals surface area contributed by atoms with Crippen molar-refractivity contribution in [2.75, 3.05) is 18.8 Å². The molecule has 24 heavy (non-hydrogen) atoms. The molecule has 1 aromatic rings. The number of nitrogens with zero attached hydrogens (tertiary/aromatic N) is 3. The molecule has 0 aromatic heterocycles. The van der Waals surface area contributed by atoms with Gasteiger partial charge in [-0.2, -0.15) is 0 Å². The van der Waals surface area contributed by atoms with E-state index in [2.05, 4.69) is 64.8 Å². The molecular formula is C18H22N4S2. The van der Waals surface area contributed by atoms with Gasteiger partial charge in [0.1, 0.15) is 0 Å². The SMILES string of the molecule is CC1(C)CN2C(CSC3=NCC(Cc4ccccc4)N3)=CSC2=N1. The number of hydrogen-bond acceptors (Lipinski definition) is 6. The lowest BCUT2D eigenvalue weighted by Gasteiger charge is -2.20. The molecule has 0 radical (unpaired) electrons. The molecule has 0 spiro atoms. The average molecular weight is 359 g/mol. The number of benzene rings is 1. The Balaban J connectivity index is 1.27. The van der Waals surface area contributed by atoms with Crippen LogP contribution in [0.15, 0.2) is 51.4 Å². The smallest absolute Gasteiger partial charge is 0.168 e. The van der Waals surface area contributed by atoms with Crippen molar-refractivity contribution in [2.45, 2.75) is 31.8 Å². The van der Waals surface area contributed by atoms with Gasteiger partial charge in [0.05, 0.1) is 18.1 Å². The van der Waals surface area contributed by atoms with Gasteiger partial charge in [-0.1, -0.05) is 53.9 Å². The number of nitrogens with one attached hydrogen (secondary N) is 1. The van der Waals surface area contributed by atoms with Gasteiger partial charge in [-0.3, -0.25) is 9.98 Å².